The van der Waals surface area contributed by atoms with Gasteiger partial charge in [0.1, 0.15) is 12.4 Å². The van der Waals surface area contributed by atoms with Crippen molar-refractivity contribution < 1.29 is 19.2 Å². The Balaban J connectivity index is 1.94. The lowest BCUT2D eigenvalue weighted by molar-refractivity contribution is -0.385. The van der Waals surface area contributed by atoms with Crippen LogP contribution in [0.4, 0.5) is 5.69 Å². The largest absolute Gasteiger partial charge is 0.479 e. The molecule has 0 saturated carbocycles. The maximum Gasteiger partial charge on any atom is 0.347 e. The molecule has 0 saturated heterocycles. The van der Waals surface area contributed by atoms with Crippen molar-refractivity contribution in [2.75, 3.05) is 0 Å². The highest BCUT2D eigenvalue weighted by Gasteiger charge is 2.19. The van der Waals surface area contributed by atoms with Crippen molar-refractivity contribution in [1.29, 1.82) is 5.26 Å². The number of nitro benzene ring substituents is 1. The number of nitriles is 1. The quantitative estimate of drug-likeness (QED) is 0.459. The number of nitrogens with zero attached hydrogens (tertiary/aromatic N) is 2. The molecule has 0 amide bonds. The number of para-hydroxylation sites is 1. The van der Waals surface area contributed by atoms with Crippen LogP contribution in [-0.2, 0) is 16.1 Å². The summed E-state index contributed by atoms with van der Waals surface area (Å²) in [5, 5.41) is 19.6. The van der Waals surface area contributed by atoms with Crippen molar-refractivity contribution in [2.24, 2.45) is 0 Å². The summed E-state index contributed by atoms with van der Waals surface area (Å²) in [6, 6.07) is 14.3. The molecule has 2 aromatic carbocycles. The van der Waals surface area contributed by atoms with Gasteiger partial charge in [-0.05, 0) is 37.3 Å². The van der Waals surface area contributed by atoms with Gasteiger partial charge in [-0.25, -0.2) is 4.79 Å². The lowest BCUT2D eigenvalue weighted by Crippen LogP contribution is -2.26. The van der Waals surface area contributed by atoms with Gasteiger partial charge in [-0.2, -0.15) is 5.26 Å². The Morgan fingerprint density at radius 1 is 1.25 bits per heavy atom. The van der Waals surface area contributed by atoms with Gasteiger partial charge in [-0.15, -0.1) is 0 Å². The van der Waals surface area contributed by atoms with Crippen LogP contribution in [-0.4, -0.2) is 17.0 Å². The smallest absolute Gasteiger partial charge is 0.347 e. The lowest BCUT2D eigenvalue weighted by Gasteiger charge is -2.14. The highest BCUT2D eigenvalue weighted by molar-refractivity contribution is 5.74. The Morgan fingerprint density at radius 3 is 2.54 bits per heavy atom. The molecule has 0 aliphatic carbocycles. The van der Waals surface area contributed by atoms with Crippen LogP contribution in [0, 0.1) is 21.4 Å². The number of esters is 1. The van der Waals surface area contributed by atoms with Gasteiger partial charge in [0, 0.05) is 6.07 Å². The Morgan fingerprint density at radius 2 is 1.92 bits per heavy atom. The van der Waals surface area contributed by atoms with Gasteiger partial charge in [0.25, 0.3) is 5.69 Å². The minimum Gasteiger partial charge on any atom is -0.479 e. The lowest BCUT2D eigenvalue weighted by atomic mass is 10.2. The summed E-state index contributed by atoms with van der Waals surface area (Å²) < 4.78 is 10.5. The molecule has 24 heavy (non-hydrogen) atoms. The van der Waals surface area contributed by atoms with Crippen molar-refractivity contribution in [2.45, 2.75) is 19.6 Å². The molecule has 0 spiro atoms. The monoisotopic (exact) mass is 326 g/mol. The van der Waals surface area contributed by atoms with Crippen molar-refractivity contribution in [3.63, 3.8) is 0 Å². The molecular weight excluding hydrogens is 312 g/mol. The highest BCUT2D eigenvalue weighted by atomic mass is 16.6. The van der Waals surface area contributed by atoms with Gasteiger partial charge >= 0.3 is 5.97 Å². The van der Waals surface area contributed by atoms with E-state index >= 15 is 0 Å². The molecule has 0 radical (unpaired) electrons. The van der Waals surface area contributed by atoms with E-state index in [4.69, 9.17) is 14.7 Å². The number of ether oxygens (including phenoxy) is 2. The fraction of sp³-hybridized carbons (Fsp3) is 0.176. The second kappa shape index (κ2) is 7.74. The fourth-order valence-corrected chi connectivity index (χ4v) is 1.94. The second-order valence-electron chi connectivity index (χ2n) is 4.89. The zero-order chi connectivity index (χ0) is 17.5. The van der Waals surface area contributed by atoms with E-state index in [2.05, 4.69) is 0 Å². The molecule has 0 heterocycles. The third kappa shape index (κ3) is 4.30. The average Bonchev–Trinajstić information content (AvgIpc) is 2.60. The number of carbonyl (C=O) groups is 1. The molecule has 1 atom stereocenters. The summed E-state index contributed by atoms with van der Waals surface area (Å²) >= 11 is 0. The predicted octanol–water partition coefficient (Wildman–Crippen LogP) is 2.98. The molecule has 0 aromatic heterocycles. The van der Waals surface area contributed by atoms with Gasteiger partial charge in [0.2, 0.25) is 0 Å². The van der Waals surface area contributed by atoms with Gasteiger partial charge in [0.05, 0.1) is 22.1 Å². The molecule has 0 aliphatic rings. The fourth-order valence-electron chi connectivity index (χ4n) is 1.94. The first-order valence-corrected chi connectivity index (χ1v) is 7.07. The Kier molecular flexibility index (Phi) is 5.47. The molecule has 0 fully saturated rings. The van der Waals surface area contributed by atoms with Crippen LogP contribution in [0.15, 0.2) is 48.5 Å². The second-order valence-corrected chi connectivity index (χ2v) is 4.89. The molecule has 7 nitrogen and oxygen atoms in total. The Hall–Kier alpha value is -3.40. The summed E-state index contributed by atoms with van der Waals surface area (Å²) in [6.45, 7) is 1.30. The van der Waals surface area contributed by atoms with Crippen LogP contribution in [0.5, 0.6) is 5.75 Å². The molecule has 7 heteroatoms. The van der Waals surface area contributed by atoms with Crippen LogP contribution >= 0.6 is 0 Å². The van der Waals surface area contributed by atoms with Gasteiger partial charge in [-0.3, -0.25) is 10.1 Å². The summed E-state index contributed by atoms with van der Waals surface area (Å²) in [5.41, 5.74) is 0.682. The van der Waals surface area contributed by atoms with Crippen LogP contribution in [0.1, 0.15) is 18.1 Å². The van der Waals surface area contributed by atoms with Crippen molar-refractivity contribution in [3.05, 3.63) is 69.8 Å². The number of nitro groups is 1. The zero-order valence-corrected chi connectivity index (χ0v) is 12.8. The van der Waals surface area contributed by atoms with Crippen LogP contribution in [0.25, 0.3) is 0 Å². The van der Waals surface area contributed by atoms with Gasteiger partial charge in [0.15, 0.2) is 6.10 Å². The number of hydrogen-bond acceptors (Lipinski definition) is 6. The molecule has 0 aliphatic heterocycles. The van der Waals surface area contributed by atoms with E-state index in [9.17, 15) is 14.9 Å². The van der Waals surface area contributed by atoms with Crippen LogP contribution in [0.3, 0.4) is 0 Å². The van der Waals surface area contributed by atoms with Crippen molar-refractivity contribution >= 4 is 11.7 Å². The van der Waals surface area contributed by atoms with E-state index in [0.29, 0.717) is 16.9 Å². The first kappa shape index (κ1) is 17.0. The number of carbonyl (C=O) groups excluding carboxylic acids is 1. The van der Waals surface area contributed by atoms with E-state index in [0.717, 1.165) is 0 Å². The number of rotatable bonds is 6. The standard InChI is InChI=1S/C17H14N2O5/c1-12(24-15-8-6-13(10-18)7-9-15)17(20)23-11-14-4-2-3-5-16(14)19(21)22/h2-9,12H,11H2,1H3/t12-/m0/s1. The van der Waals surface area contributed by atoms with Crippen molar-refractivity contribution in [3.8, 4) is 11.8 Å². The Bertz CT molecular complexity index is 780. The van der Waals surface area contributed by atoms with Crippen molar-refractivity contribution in [1.82, 2.24) is 0 Å². The van der Waals surface area contributed by atoms with E-state index in [-0.39, 0.29) is 12.3 Å². The van der Waals surface area contributed by atoms with E-state index < -0.39 is 17.0 Å². The number of benzene rings is 2. The predicted molar refractivity (Wildman–Crippen MR) is 84.1 cm³/mol. The zero-order valence-electron chi connectivity index (χ0n) is 12.8. The molecule has 0 N–H and O–H groups in total. The maximum absolute atomic E-state index is 12.0. The van der Waals surface area contributed by atoms with E-state index in [1.165, 1.54) is 19.1 Å². The third-order valence-electron chi connectivity index (χ3n) is 3.19. The summed E-state index contributed by atoms with van der Waals surface area (Å²) in [5.74, 6) is -0.221. The van der Waals surface area contributed by atoms with Gasteiger partial charge in [-0.1, -0.05) is 12.1 Å². The normalized spacial score (nSPS) is 11.2. The molecule has 2 rings (SSSR count). The molecular formula is C17H14N2O5. The molecule has 0 bridgehead atoms. The summed E-state index contributed by atoms with van der Waals surface area (Å²) in [4.78, 5) is 22.3. The van der Waals surface area contributed by atoms with E-state index in [1.54, 1.807) is 36.4 Å². The van der Waals surface area contributed by atoms with Crippen LogP contribution in [0.2, 0.25) is 0 Å². The molecule has 122 valence electrons. The number of hydrogen-bond donors (Lipinski definition) is 0. The molecule has 0 unspecified atom stereocenters. The summed E-state index contributed by atoms with van der Waals surface area (Å²) in [7, 11) is 0. The topological polar surface area (TPSA) is 102 Å². The SMILES string of the molecule is C[C@H](Oc1ccc(C#N)cc1)C(=O)OCc1ccccc1[N+](=O)[O-]. The maximum atomic E-state index is 12.0. The first-order valence-electron chi connectivity index (χ1n) is 7.07. The Labute approximate surface area is 138 Å². The first-order chi connectivity index (χ1) is 11.5. The molecule has 2 aromatic rings. The van der Waals surface area contributed by atoms with Gasteiger partial charge < -0.3 is 9.47 Å². The minimum atomic E-state index is -0.888. The van der Waals surface area contributed by atoms with E-state index in [1.807, 2.05) is 6.07 Å². The minimum absolute atomic E-state index is 0.106. The highest BCUT2D eigenvalue weighted by Crippen LogP contribution is 2.19. The summed E-state index contributed by atoms with van der Waals surface area (Å²) in [6.07, 6.45) is -0.888. The average molecular weight is 326 g/mol. The van der Waals surface area contributed by atoms with Crippen LogP contribution < -0.4 is 4.74 Å². The third-order valence-corrected chi connectivity index (χ3v) is 3.19.